The molecular weight excluding hydrogens is 525 g/mol. The molecule has 0 fully saturated rings. The minimum Gasteiger partial charge on any atom is -0.365 e. The van der Waals surface area contributed by atoms with Crippen LogP contribution in [0.1, 0.15) is 5.56 Å². The molecule has 2 aromatic rings. The van der Waals surface area contributed by atoms with Crippen molar-refractivity contribution in [1.29, 1.82) is 0 Å². The van der Waals surface area contributed by atoms with E-state index in [4.69, 9.17) is 4.74 Å². The van der Waals surface area contributed by atoms with Gasteiger partial charge in [0.2, 0.25) is 0 Å². The zero-order chi connectivity index (χ0) is 27.9. The number of alkyl halides is 3. The van der Waals surface area contributed by atoms with Crippen molar-refractivity contribution in [1.82, 2.24) is 19.7 Å². The quantitative estimate of drug-likeness (QED) is 0.185. The summed E-state index contributed by atoms with van der Waals surface area (Å²) in [5.41, 5.74) is -3.46. The van der Waals surface area contributed by atoms with Gasteiger partial charge in [-0.15, -0.1) is 0 Å². The summed E-state index contributed by atoms with van der Waals surface area (Å²) in [6.45, 7) is -0.500. The van der Waals surface area contributed by atoms with Crippen LogP contribution in [-0.4, -0.2) is 49.6 Å². The second-order valence-corrected chi connectivity index (χ2v) is 8.76. The normalized spacial score (nSPS) is 19.6. The first-order valence-electron chi connectivity index (χ1n) is 11.4. The van der Waals surface area contributed by atoms with Crippen LogP contribution >= 0.6 is 0 Å². The van der Waals surface area contributed by atoms with Crippen molar-refractivity contribution < 1.29 is 31.6 Å². The van der Waals surface area contributed by atoms with Gasteiger partial charge in [0.1, 0.15) is 17.0 Å². The number of allylic oxidation sites excluding steroid dienone is 2. The number of nitro groups is 1. The van der Waals surface area contributed by atoms with Crippen molar-refractivity contribution in [3.8, 4) is 22.8 Å². The number of hydrogen-bond acceptors (Lipinski definition) is 6. The molecule has 2 aromatic carbocycles. The lowest BCUT2D eigenvalue weighted by Crippen LogP contribution is -2.55. The zero-order valence-electron chi connectivity index (χ0n) is 20.1. The summed E-state index contributed by atoms with van der Waals surface area (Å²) in [7, 11) is 1.08. The molecule has 0 N–H and O–H groups in total. The van der Waals surface area contributed by atoms with Crippen LogP contribution in [0.3, 0.4) is 0 Å². The lowest BCUT2D eigenvalue weighted by atomic mass is 9.78. The molecule has 2 atom stereocenters. The average molecular weight is 543 g/mol. The Kier molecular flexibility index (Phi) is 6.46. The molecule has 2 unspecified atom stereocenters. The van der Waals surface area contributed by atoms with Gasteiger partial charge in [0.15, 0.2) is 23.1 Å². The van der Waals surface area contributed by atoms with Crippen LogP contribution in [0, 0.1) is 21.7 Å². The van der Waals surface area contributed by atoms with Gasteiger partial charge in [0.25, 0.3) is 6.04 Å². The van der Waals surface area contributed by atoms with Crippen LogP contribution < -0.4 is 0 Å². The number of halogens is 5. The highest BCUT2D eigenvalue weighted by Crippen LogP contribution is 2.45. The minimum absolute atomic E-state index is 0.126. The predicted octanol–water partition coefficient (Wildman–Crippen LogP) is 5.34. The number of nitrogens with zero attached hydrogens (tertiary/aromatic N) is 5. The topological polar surface area (TPSA) is 96.0 Å². The van der Waals surface area contributed by atoms with Crippen LogP contribution in [0.4, 0.5) is 22.0 Å². The Bertz CT molecular complexity index is 1580. The van der Waals surface area contributed by atoms with Gasteiger partial charge in [-0.2, -0.15) is 18.3 Å². The highest BCUT2D eigenvalue weighted by atomic mass is 19.4. The number of benzene rings is 2. The average Bonchev–Trinajstić information content (AvgIpc) is 3.33. The summed E-state index contributed by atoms with van der Waals surface area (Å²) in [5, 5.41) is 16.3. The summed E-state index contributed by atoms with van der Waals surface area (Å²) in [4.78, 5) is 19.5. The van der Waals surface area contributed by atoms with Gasteiger partial charge in [-0.1, -0.05) is 42.5 Å². The fourth-order valence-corrected chi connectivity index (χ4v) is 4.64. The Morgan fingerprint density at radius 2 is 1.79 bits per heavy atom. The Morgan fingerprint density at radius 1 is 1.08 bits per heavy atom. The van der Waals surface area contributed by atoms with E-state index in [1.807, 2.05) is 0 Å². The molecule has 200 valence electrons. The highest BCUT2D eigenvalue weighted by Gasteiger charge is 2.59. The van der Waals surface area contributed by atoms with Gasteiger partial charge >= 0.3 is 6.18 Å². The Balaban J connectivity index is 1.58. The van der Waals surface area contributed by atoms with Crippen LogP contribution in [-0.2, 0) is 11.3 Å². The summed E-state index contributed by atoms with van der Waals surface area (Å²) in [6, 6.07) is 8.72. The standard InChI is InChI=1S/C26H18F5N5O3/c1-39-25(11-10-16(15-6-3-2-4-7-15)21(26(29,30)31)23(25)36(37)38)14-35-13-20-19(12-32-35)33-24(34-20)17-8-5-9-18(27)22(17)28/h2-13,23H,14H2,1H3. The second-order valence-electron chi connectivity index (χ2n) is 8.76. The van der Waals surface area contributed by atoms with E-state index in [1.54, 1.807) is 6.07 Å². The third-order valence-corrected chi connectivity index (χ3v) is 6.46. The third-order valence-electron chi connectivity index (χ3n) is 6.46. The maximum Gasteiger partial charge on any atom is 0.419 e. The fraction of sp³-hybridized carbons (Fsp3) is 0.192. The lowest BCUT2D eigenvalue weighted by molar-refractivity contribution is -0.536. The highest BCUT2D eigenvalue weighted by molar-refractivity contribution is 5.80. The lowest BCUT2D eigenvalue weighted by Gasteiger charge is -2.37. The van der Waals surface area contributed by atoms with E-state index in [2.05, 4.69) is 15.1 Å². The van der Waals surface area contributed by atoms with Crippen molar-refractivity contribution in [3.05, 3.63) is 106 Å². The number of methoxy groups -OCH3 is 1. The Labute approximate surface area is 217 Å². The predicted molar refractivity (Wildman–Crippen MR) is 129 cm³/mol. The first-order valence-corrected chi connectivity index (χ1v) is 11.4. The van der Waals surface area contributed by atoms with E-state index in [9.17, 15) is 32.1 Å². The molecular formula is C26H18F5N5O3. The molecule has 3 aliphatic rings. The number of aromatic nitrogens is 4. The molecule has 0 bridgehead atoms. The second kappa shape index (κ2) is 9.66. The first kappa shape index (κ1) is 26.1. The van der Waals surface area contributed by atoms with Gasteiger partial charge in [-0.05, 0) is 29.3 Å². The molecule has 0 saturated heterocycles. The van der Waals surface area contributed by atoms with E-state index < -0.39 is 46.5 Å². The van der Waals surface area contributed by atoms with Gasteiger partial charge in [0.05, 0.1) is 24.5 Å². The van der Waals surface area contributed by atoms with Crippen molar-refractivity contribution in [3.63, 3.8) is 0 Å². The molecule has 13 heteroatoms. The van der Waals surface area contributed by atoms with E-state index in [0.717, 1.165) is 23.9 Å². The van der Waals surface area contributed by atoms with Crippen molar-refractivity contribution >= 4 is 5.57 Å². The monoisotopic (exact) mass is 543 g/mol. The maximum atomic E-state index is 14.4. The number of hydrogen-bond donors (Lipinski definition) is 0. The van der Waals surface area contributed by atoms with Crippen LogP contribution in [0.5, 0.6) is 0 Å². The molecule has 0 amide bonds. The largest absolute Gasteiger partial charge is 0.419 e. The van der Waals surface area contributed by atoms with Gasteiger partial charge in [0, 0.05) is 12.0 Å². The smallest absolute Gasteiger partial charge is 0.365 e. The molecule has 1 aliphatic carbocycles. The summed E-state index contributed by atoms with van der Waals surface area (Å²) < 4.78 is 77.7. The molecule has 0 spiro atoms. The molecule has 5 rings (SSSR count). The molecule has 39 heavy (non-hydrogen) atoms. The summed E-state index contributed by atoms with van der Waals surface area (Å²) >= 11 is 0. The van der Waals surface area contributed by atoms with Gasteiger partial charge in [-0.25, -0.2) is 18.7 Å². The number of ether oxygens (including phenoxy) is 1. The molecule has 0 radical (unpaired) electrons. The Hall–Kier alpha value is -4.52. The van der Waals surface area contributed by atoms with E-state index >= 15 is 0 Å². The van der Waals surface area contributed by atoms with Gasteiger partial charge in [-0.3, -0.25) is 14.8 Å². The number of imidazole rings is 1. The van der Waals surface area contributed by atoms with Gasteiger partial charge < -0.3 is 4.74 Å². The maximum absolute atomic E-state index is 14.4. The minimum atomic E-state index is -5.05. The fourth-order valence-electron chi connectivity index (χ4n) is 4.64. The van der Waals surface area contributed by atoms with Crippen LogP contribution in [0.15, 0.2) is 78.6 Å². The summed E-state index contributed by atoms with van der Waals surface area (Å²) in [6.07, 6.45) is -0.163. The van der Waals surface area contributed by atoms with Crippen molar-refractivity contribution in [2.45, 2.75) is 24.4 Å². The number of rotatable bonds is 6. The third kappa shape index (κ3) is 4.65. The van der Waals surface area contributed by atoms with Crippen molar-refractivity contribution in [2.75, 3.05) is 7.11 Å². The molecule has 0 saturated carbocycles. The van der Waals surface area contributed by atoms with E-state index in [1.165, 1.54) is 54.9 Å². The Morgan fingerprint density at radius 3 is 2.46 bits per heavy atom. The van der Waals surface area contributed by atoms with Crippen molar-refractivity contribution in [2.24, 2.45) is 0 Å². The SMILES string of the molecule is COC1(Cn2cc3nc(-c4cccc(F)c4F)nc-3cn2)C=CC(c2ccccc2)=C(C(F)(F)F)C1[N+](=O)[O-]. The zero-order valence-corrected chi connectivity index (χ0v) is 20.1. The van der Waals surface area contributed by atoms with Crippen LogP contribution in [0.2, 0.25) is 0 Å². The van der Waals surface area contributed by atoms with Crippen LogP contribution in [0.25, 0.3) is 28.3 Å². The molecule has 8 nitrogen and oxygen atoms in total. The molecule has 2 aliphatic heterocycles. The first-order chi connectivity index (χ1) is 18.5. The van der Waals surface area contributed by atoms with E-state index in [0.29, 0.717) is 0 Å². The summed E-state index contributed by atoms with van der Waals surface area (Å²) in [5.74, 6) is -2.36. The molecule has 2 heterocycles. The number of fused-ring (bicyclic) bond motifs is 1. The van der Waals surface area contributed by atoms with E-state index in [-0.39, 0.29) is 33.9 Å². The molecule has 0 aromatic heterocycles.